The lowest BCUT2D eigenvalue weighted by Crippen LogP contribution is -2.42. The van der Waals surface area contributed by atoms with Crippen LogP contribution in [-0.4, -0.2) is 39.9 Å². The third kappa shape index (κ3) is 2.20. The first-order valence-electron chi connectivity index (χ1n) is 7.54. The zero-order valence-corrected chi connectivity index (χ0v) is 12.0. The second-order valence-corrected chi connectivity index (χ2v) is 5.80. The summed E-state index contributed by atoms with van der Waals surface area (Å²) in [6, 6.07) is 1.22. The number of aryl methyl sites for hydroxylation is 2. The molecule has 1 aromatic heterocycles. The maximum absolute atomic E-state index is 6.17. The molecule has 0 spiro atoms. The predicted octanol–water partition coefficient (Wildman–Crippen LogP) is 1.83. The number of nitrogen functional groups attached to an aromatic ring is 1. The van der Waals surface area contributed by atoms with E-state index in [0.717, 1.165) is 23.7 Å². The molecule has 2 fully saturated rings. The van der Waals surface area contributed by atoms with E-state index in [1.807, 2.05) is 11.6 Å². The summed E-state index contributed by atoms with van der Waals surface area (Å²) in [5.74, 6) is 1.03. The lowest BCUT2D eigenvalue weighted by molar-refractivity contribution is 0.192. The third-order valence-electron chi connectivity index (χ3n) is 4.65. The number of anilines is 2. The molecule has 2 saturated heterocycles. The summed E-state index contributed by atoms with van der Waals surface area (Å²) >= 11 is 0. The fourth-order valence-corrected chi connectivity index (χ4v) is 3.57. The average Bonchev–Trinajstić information content (AvgIpc) is 2.95. The Balaban J connectivity index is 1.78. The van der Waals surface area contributed by atoms with Crippen molar-refractivity contribution >= 4 is 11.5 Å². The molecule has 5 nitrogen and oxygen atoms in total. The predicted molar refractivity (Wildman–Crippen MR) is 78.3 cm³/mol. The number of rotatable bonds is 3. The molecule has 106 valence electrons. The number of hydrogen-bond donors (Lipinski definition) is 2. The minimum Gasteiger partial charge on any atom is -0.394 e. The summed E-state index contributed by atoms with van der Waals surface area (Å²) in [6.45, 7) is 7.44. The lowest BCUT2D eigenvalue weighted by atomic mass is 9.99. The van der Waals surface area contributed by atoms with Crippen LogP contribution in [0.3, 0.4) is 0 Å². The van der Waals surface area contributed by atoms with Crippen molar-refractivity contribution in [2.45, 2.75) is 58.2 Å². The maximum Gasteiger partial charge on any atom is 0.148 e. The third-order valence-corrected chi connectivity index (χ3v) is 4.65. The molecule has 2 aliphatic heterocycles. The van der Waals surface area contributed by atoms with Gasteiger partial charge in [0.15, 0.2) is 0 Å². The van der Waals surface area contributed by atoms with Crippen molar-refractivity contribution in [3.05, 3.63) is 5.69 Å². The van der Waals surface area contributed by atoms with Crippen LogP contribution in [0, 0.1) is 6.92 Å². The number of fused-ring (bicyclic) bond motifs is 1. The van der Waals surface area contributed by atoms with Crippen molar-refractivity contribution < 1.29 is 0 Å². The van der Waals surface area contributed by atoms with Crippen LogP contribution in [0.4, 0.5) is 11.5 Å². The molecule has 19 heavy (non-hydrogen) atoms. The van der Waals surface area contributed by atoms with Gasteiger partial charge in [-0.05, 0) is 39.7 Å². The van der Waals surface area contributed by atoms with Gasteiger partial charge in [0, 0.05) is 25.2 Å². The highest BCUT2D eigenvalue weighted by Crippen LogP contribution is 2.31. The van der Waals surface area contributed by atoms with Gasteiger partial charge in [0.2, 0.25) is 0 Å². The first-order chi connectivity index (χ1) is 9.20. The Morgan fingerprint density at radius 2 is 2.16 bits per heavy atom. The average molecular weight is 263 g/mol. The molecule has 5 heteroatoms. The summed E-state index contributed by atoms with van der Waals surface area (Å²) in [5.41, 5.74) is 7.91. The van der Waals surface area contributed by atoms with E-state index in [9.17, 15) is 0 Å². The van der Waals surface area contributed by atoms with Crippen molar-refractivity contribution in [1.29, 1.82) is 0 Å². The molecule has 0 bridgehead atoms. The Hall–Kier alpha value is -1.23. The van der Waals surface area contributed by atoms with Gasteiger partial charge in [0.1, 0.15) is 5.82 Å². The van der Waals surface area contributed by atoms with Gasteiger partial charge in [-0.3, -0.25) is 4.90 Å². The monoisotopic (exact) mass is 263 g/mol. The molecule has 0 saturated carbocycles. The van der Waals surface area contributed by atoms with Gasteiger partial charge in [-0.15, -0.1) is 0 Å². The van der Waals surface area contributed by atoms with Crippen LogP contribution in [0.2, 0.25) is 0 Å². The molecule has 2 atom stereocenters. The van der Waals surface area contributed by atoms with E-state index in [4.69, 9.17) is 5.73 Å². The van der Waals surface area contributed by atoms with Crippen LogP contribution in [0.5, 0.6) is 0 Å². The fourth-order valence-electron chi connectivity index (χ4n) is 3.57. The number of nitrogens with zero attached hydrogens (tertiary/aromatic N) is 3. The zero-order valence-electron chi connectivity index (χ0n) is 12.0. The molecule has 0 amide bonds. The Morgan fingerprint density at radius 1 is 1.32 bits per heavy atom. The van der Waals surface area contributed by atoms with Crippen LogP contribution < -0.4 is 11.1 Å². The van der Waals surface area contributed by atoms with Gasteiger partial charge >= 0.3 is 0 Å². The largest absolute Gasteiger partial charge is 0.394 e. The number of hydrogen-bond acceptors (Lipinski definition) is 4. The summed E-state index contributed by atoms with van der Waals surface area (Å²) in [5, 5.41) is 8.17. The summed E-state index contributed by atoms with van der Waals surface area (Å²) in [4.78, 5) is 2.64. The zero-order chi connectivity index (χ0) is 13.4. The molecule has 3 heterocycles. The topological polar surface area (TPSA) is 59.1 Å². The van der Waals surface area contributed by atoms with E-state index < -0.39 is 0 Å². The van der Waals surface area contributed by atoms with Crippen LogP contribution in [0.25, 0.3) is 0 Å². The molecule has 0 radical (unpaired) electrons. The molecule has 2 unspecified atom stereocenters. The summed E-state index contributed by atoms with van der Waals surface area (Å²) in [6.07, 6.45) is 5.26. The molecular formula is C14H25N5. The lowest BCUT2D eigenvalue weighted by Gasteiger charge is -2.33. The minimum absolute atomic E-state index is 0.531. The van der Waals surface area contributed by atoms with Crippen LogP contribution in [-0.2, 0) is 6.54 Å². The van der Waals surface area contributed by atoms with Gasteiger partial charge in [0.05, 0.1) is 11.4 Å². The van der Waals surface area contributed by atoms with Gasteiger partial charge < -0.3 is 11.1 Å². The Kier molecular flexibility index (Phi) is 3.39. The van der Waals surface area contributed by atoms with E-state index >= 15 is 0 Å². The van der Waals surface area contributed by atoms with Gasteiger partial charge in [-0.1, -0.05) is 6.42 Å². The van der Waals surface area contributed by atoms with Crippen molar-refractivity contribution in [2.24, 2.45) is 0 Å². The van der Waals surface area contributed by atoms with Crippen LogP contribution in [0.15, 0.2) is 0 Å². The summed E-state index contributed by atoms with van der Waals surface area (Å²) in [7, 11) is 0. The Morgan fingerprint density at radius 3 is 2.95 bits per heavy atom. The van der Waals surface area contributed by atoms with Crippen molar-refractivity contribution in [1.82, 2.24) is 14.7 Å². The Labute approximate surface area is 115 Å². The van der Waals surface area contributed by atoms with Gasteiger partial charge in [0.25, 0.3) is 0 Å². The normalized spacial score (nSPS) is 27.5. The van der Waals surface area contributed by atoms with Crippen LogP contribution >= 0.6 is 0 Å². The van der Waals surface area contributed by atoms with Crippen LogP contribution in [0.1, 0.15) is 38.3 Å². The molecule has 3 rings (SSSR count). The highest BCUT2D eigenvalue weighted by Gasteiger charge is 2.36. The number of nitrogens with one attached hydrogen (secondary N) is 1. The van der Waals surface area contributed by atoms with Gasteiger partial charge in [-0.25, -0.2) is 4.68 Å². The number of aromatic nitrogens is 2. The number of nitrogens with two attached hydrogens (primary N) is 1. The Bertz CT molecular complexity index is 453. The first-order valence-corrected chi connectivity index (χ1v) is 7.54. The number of piperidine rings is 1. The molecule has 0 aromatic carbocycles. The fraction of sp³-hybridized carbons (Fsp3) is 0.786. The van der Waals surface area contributed by atoms with Crippen molar-refractivity contribution in [2.75, 3.05) is 24.1 Å². The second kappa shape index (κ2) is 5.04. The molecule has 1 aromatic rings. The molecule has 3 N–H and O–H groups in total. The van der Waals surface area contributed by atoms with E-state index in [-0.39, 0.29) is 0 Å². The maximum atomic E-state index is 6.17. The summed E-state index contributed by atoms with van der Waals surface area (Å²) < 4.78 is 2.00. The first kappa shape index (κ1) is 12.8. The van der Waals surface area contributed by atoms with E-state index in [0.29, 0.717) is 12.1 Å². The molecular weight excluding hydrogens is 238 g/mol. The van der Waals surface area contributed by atoms with Crippen molar-refractivity contribution in [3.8, 4) is 0 Å². The highest BCUT2D eigenvalue weighted by atomic mass is 15.4. The van der Waals surface area contributed by atoms with E-state index in [2.05, 4.69) is 22.2 Å². The standard InChI is InChI=1S/C14H25N5/c1-3-19-14(13(15)10(2)17-19)16-11-7-9-18-8-5-4-6-12(11)18/h11-12,16H,3-9,15H2,1-2H3. The minimum atomic E-state index is 0.531. The van der Waals surface area contributed by atoms with E-state index in [1.165, 1.54) is 38.8 Å². The molecule has 2 aliphatic rings. The van der Waals surface area contributed by atoms with Gasteiger partial charge in [-0.2, -0.15) is 5.10 Å². The van der Waals surface area contributed by atoms with E-state index in [1.54, 1.807) is 0 Å². The highest BCUT2D eigenvalue weighted by molar-refractivity contribution is 5.65. The van der Waals surface area contributed by atoms with Crippen molar-refractivity contribution in [3.63, 3.8) is 0 Å². The second-order valence-electron chi connectivity index (χ2n) is 5.80. The quantitative estimate of drug-likeness (QED) is 0.873. The SMILES string of the molecule is CCn1nc(C)c(N)c1NC1CCN2CCCCC12. The molecule has 0 aliphatic carbocycles. The smallest absolute Gasteiger partial charge is 0.148 e.